The number of aromatic nitrogens is 5. The van der Waals surface area contributed by atoms with Crippen LogP contribution in [0.15, 0.2) is 18.5 Å². The van der Waals surface area contributed by atoms with E-state index in [-0.39, 0.29) is 5.95 Å². The van der Waals surface area contributed by atoms with Crippen LogP contribution in [0.3, 0.4) is 0 Å². The number of rotatable bonds is 8. The number of fused-ring (bicyclic) bond motifs is 1. The number of piperidine rings is 1. The van der Waals surface area contributed by atoms with E-state index in [0.717, 1.165) is 67.1 Å². The van der Waals surface area contributed by atoms with Crippen LogP contribution in [-0.4, -0.2) is 75.5 Å². The highest BCUT2D eigenvalue weighted by Crippen LogP contribution is 2.33. The van der Waals surface area contributed by atoms with Gasteiger partial charge in [-0.3, -0.25) is 14.6 Å². The van der Waals surface area contributed by atoms with Crippen LogP contribution >= 0.6 is 0 Å². The van der Waals surface area contributed by atoms with Gasteiger partial charge in [0.1, 0.15) is 22.5 Å². The van der Waals surface area contributed by atoms with Crippen molar-refractivity contribution in [2.45, 2.75) is 57.0 Å². The SMILES string of the molecule is COc1cc(C2CCN(C3CNC3)CC2)cnc1Cn1ncc2nc(N)nc(NCC3CCCC3)c21. The van der Waals surface area contributed by atoms with Gasteiger partial charge in [0.2, 0.25) is 5.95 Å². The van der Waals surface area contributed by atoms with Gasteiger partial charge >= 0.3 is 0 Å². The second-order valence-corrected chi connectivity index (χ2v) is 10.5. The summed E-state index contributed by atoms with van der Waals surface area (Å²) in [4.78, 5) is 16.4. The van der Waals surface area contributed by atoms with Gasteiger partial charge in [-0.15, -0.1) is 0 Å². The Balaban J connectivity index is 1.20. The number of nitrogens with two attached hydrogens (primary N) is 1. The summed E-state index contributed by atoms with van der Waals surface area (Å²) >= 11 is 0. The number of nitrogen functional groups attached to an aromatic ring is 1. The maximum absolute atomic E-state index is 6.00. The number of hydrogen-bond donors (Lipinski definition) is 3. The number of likely N-dealkylation sites (tertiary alicyclic amines) is 1. The summed E-state index contributed by atoms with van der Waals surface area (Å²) in [7, 11) is 1.72. The van der Waals surface area contributed by atoms with E-state index < -0.39 is 0 Å². The molecule has 10 heteroatoms. The van der Waals surface area contributed by atoms with Crippen molar-refractivity contribution >= 4 is 22.8 Å². The lowest BCUT2D eigenvalue weighted by molar-refractivity contribution is 0.113. The monoisotopic (exact) mass is 491 g/mol. The molecule has 3 aromatic rings. The molecule has 192 valence electrons. The number of ether oxygens (including phenoxy) is 1. The normalized spacial score (nSPS) is 20.1. The molecule has 4 N–H and O–H groups in total. The molecule has 0 spiro atoms. The number of hydrogen-bond acceptors (Lipinski definition) is 9. The van der Waals surface area contributed by atoms with Crippen molar-refractivity contribution in [2.75, 3.05) is 50.9 Å². The van der Waals surface area contributed by atoms with Gasteiger partial charge in [-0.25, -0.2) is 4.98 Å². The molecule has 0 atom stereocenters. The highest BCUT2D eigenvalue weighted by Gasteiger charge is 2.29. The van der Waals surface area contributed by atoms with Crippen molar-refractivity contribution in [3.05, 3.63) is 29.7 Å². The summed E-state index contributed by atoms with van der Waals surface area (Å²) in [5.74, 6) is 3.01. The van der Waals surface area contributed by atoms with Crippen LogP contribution < -0.4 is 21.1 Å². The van der Waals surface area contributed by atoms with Crippen molar-refractivity contribution in [1.82, 2.24) is 34.9 Å². The minimum Gasteiger partial charge on any atom is -0.495 e. The summed E-state index contributed by atoms with van der Waals surface area (Å²) in [6, 6.07) is 2.90. The van der Waals surface area contributed by atoms with Crippen LogP contribution in [0, 0.1) is 5.92 Å². The zero-order valence-electron chi connectivity index (χ0n) is 21.1. The second-order valence-electron chi connectivity index (χ2n) is 10.5. The predicted octanol–water partition coefficient (Wildman–Crippen LogP) is 2.61. The minimum absolute atomic E-state index is 0.260. The van der Waals surface area contributed by atoms with Crippen LogP contribution in [0.4, 0.5) is 11.8 Å². The molecule has 3 aliphatic rings. The van der Waals surface area contributed by atoms with Crippen LogP contribution in [0.5, 0.6) is 5.75 Å². The van der Waals surface area contributed by atoms with E-state index in [1.807, 2.05) is 10.9 Å². The Bertz CT molecular complexity index is 1190. The van der Waals surface area contributed by atoms with Gasteiger partial charge in [-0.05, 0) is 62.2 Å². The molecule has 3 aromatic heterocycles. The highest BCUT2D eigenvalue weighted by molar-refractivity contribution is 5.86. The Morgan fingerprint density at radius 2 is 1.92 bits per heavy atom. The maximum atomic E-state index is 6.00. The predicted molar refractivity (Wildman–Crippen MR) is 140 cm³/mol. The van der Waals surface area contributed by atoms with Gasteiger partial charge in [-0.2, -0.15) is 10.1 Å². The number of anilines is 2. The quantitative estimate of drug-likeness (QED) is 0.437. The Kier molecular flexibility index (Phi) is 6.62. The van der Waals surface area contributed by atoms with E-state index in [1.54, 1.807) is 13.3 Å². The first-order chi connectivity index (χ1) is 17.7. The molecular weight excluding hydrogens is 454 g/mol. The molecule has 0 aromatic carbocycles. The molecule has 5 heterocycles. The zero-order chi connectivity index (χ0) is 24.5. The van der Waals surface area contributed by atoms with Crippen molar-refractivity contribution in [1.29, 1.82) is 0 Å². The standard InChI is InChI=1S/C26H37N9O/c1-36-23-10-19(18-6-8-34(9-7-18)20-13-28-14-20)12-29-22(23)16-35-24-21(15-31-35)32-26(27)33-25(24)30-11-17-4-2-3-5-17/h10,12,15,17-18,20,28H,2-9,11,13-14,16H2,1H3,(H3,27,30,32,33). The molecule has 2 aliphatic heterocycles. The molecule has 36 heavy (non-hydrogen) atoms. The lowest BCUT2D eigenvalue weighted by atomic mass is 9.89. The molecule has 1 aliphatic carbocycles. The summed E-state index contributed by atoms with van der Waals surface area (Å²) in [6.45, 7) is 5.94. The van der Waals surface area contributed by atoms with Crippen molar-refractivity contribution < 1.29 is 4.74 Å². The first kappa shape index (κ1) is 23.4. The van der Waals surface area contributed by atoms with E-state index in [2.05, 4.69) is 36.7 Å². The summed E-state index contributed by atoms with van der Waals surface area (Å²) in [5.41, 5.74) is 9.71. The molecule has 6 rings (SSSR count). The zero-order valence-corrected chi connectivity index (χ0v) is 21.1. The van der Waals surface area contributed by atoms with E-state index in [0.29, 0.717) is 18.4 Å². The first-order valence-corrected chi connectivity index (χ1v) is 13.4. The van der Waals surface area contributed by atoms with Gasteiger partial charge in [0, 0.05) is 31.9 Å². The van der Waals surface area contributed by atoms with E-state index in [1.165, 1.54) is 44.1 Å². The van der Waals surface area contributed by atoms with Crippen LogP contribution in [-0.2, 0) is 6.54 Å². The molecule has 0 unspecified atom stereocenters. The molecule has 3 fully saturated rings. The van der Waals surface area contributed by atoms with Crippen molar-refractivity contribution in [3.63, 3.8) is 0 Å². The van der Waals surface area contributed by atoms with Gasteiger partial charge in [-0.1, -0.05) is 12.8 Å². The fourth-order valence-corrected chi connectivity index (χ4v) is 5.99. The van der Waals surface area contributed by atoms with Crippen LogP contribution in [0.25, 0.3) is 11.0 Å². The molecule has 0 amide bonds. The summed E-state index contributed by atoms with van der Waals surface area (Å²) < 4.78 is 7.70. The van der Waals surface area contributed by atoms with Crippen LogP contribution in [0.1, 0.15) is 55.7 Å². The highest BCUT2D eigenvalue weighted by atomic mass is 16.5. The molecule has 0 bridgehead atoms. The Labute approximate surface area is 212 Å². The van der Waals surface area contributed by atoms with E-state index in [4.69, 9.17) is 15.5 Å². The van der Waals surface area contributed by atoms with Crippen molar-refractivity contribution in [2.24, 2.45) is 5.92 Å². The lowest BCUT2D eigenvalue weighted by Gasteiger charge is -2.42. The number of pyridine rings is 1. The van der Waals surface area contributed by atoms with Gasteiger partial charge in [0.15, 0.2) is 5.82 Å². The Hall–Kier alpha value is -2.98. The maximum Gasteiger partial charge on any atom is 0.222 e. The molecule has 10 nitrogen and oxygen atoms in total. The van der Waals surface area contributed by atoms with Crippen LogP contribution in [0.2, 0.25) is 0 Å². The van der Waals surface area contributed by atoms with E-state index >= 15 is 0 Å². The van der Waals surface area contributed by atoms with Crippen molar-refractivity contribution in [3.8, 4) is 5.75 Å². The molecule has 1 saturated carbocycles. The lowest BCUT2D eigenvalue weighted by Crippen LogP contribution is -2.58. The fraction of sp³-hybridized carbons (Fsp3) is 0.615. The topological polar surface area (TPSA) is 119 Å². The Morgan fingerprint density at radius 1 is 1.11 bits per heavy atom. The summed E-state index contributed by atoms with van der Waals surface area (Å²) in [5, 5.41) is 11.5. The number of methoxy groups -OCH3 is 1. The number of nitrogens with one attached hydrogen (secondary N) is 2. The summed E-state index contributed by atoms with van der Waals surface area (Å²) in [6.07, 6.45) is 11.3. The Morgan fingerprint density at radius 3 is 2.64 bits per heavy atom. The number of nitrogens with zero attached hydrogens (tertiary/aromatic N) is 6. The smallest absolute Gasteiger partial charge is 0.222 e. The molecule has 0 radical (unpaired) electrons. The van der Waals surface area contributed by atoms with Gasteiger partial charge in [0.25, 0.3) is 0 Å². The molecular formula is C26H37N9O. The minimum atomic E-state index is 0.260. The largest absolute Gasteiger partial charge is 0.495 e. The van der Waals surface area contributed by atoms with E-state index in [9.17, 15) is 0 Å². The fourth-order valence-electron chi connectivity index (χ4n) is 5.99. The van der Waals surface area contributed by atoms with Gasteiger partial charge < -0.3 is 21.1 Å². The third kappa shape index (κ3) is 4.71. The average Bonchev–Trinajstić information content (AvgIpc) is 3.52. The van der Waals surface area contributed by atoms with Gasteiger partial charge in [0.05, 0.1) is 19.9 Å². The first-order valence-electron chi connectivity index (χ1n) is 13.4. The second kappa shape index (κ2) is 10.2. The third-order valence-corrected chi connectivity index (χ3v) is 8.29. The average molecular weight is 492 g/mol. The molecule has 2 saturated heterocycles. The third-order valence-electron chi connectivity index (χ3n) is 8.29.